The van der Waals surface area contributed by atoms with E-state index in [2.05, 4.69) is 88.0 Å². The fourth-order valence-electron chi connectivity index (χ4n) is 6.92. The summed E-state index contributed by atoms with van der Waals surface area (Å²) >= 11 is 14.3. The molecule has 0 saturated heterocycles. The molecule has 2 nitrogen and oxygen atoms in total. The maximum atomic E-state index is 10.3. The van der Waals surface area contributed by atoms with Gasteiger partial charge in [-0.25, -0.2) is 0 Å². The van der Waals surface area contributed by atoms with Gasteiger partial charge in [-0.2, -0.15) is 0 Å². The molecule has 28 heavy (non-hydrogen) atoms. The first-order valence-corrected chi connectivity index (χ1v) is 12.8. The fraction of sp³-hybridized carbons (Fsp3) is 0.455. The van der Waals surface area contributed by atoms with E-state index in [4.69, 9.17) is 0 Å². The number of benzene rings is 2. The Morgan fingerprint density at radius 2 is 1.29 bits per heavy atom. The van der Waals surface area contributed by atoms with Gasteiger partial charge < -0.3 is 10.2 Å². The van der Waals surface area contributed by atoms with Crippen LogP contribution in [0.2, 0.25) is 0 Å². The molecule has 2 bridgehead atoms. The quantitative estimate of drug-likeness (QED) is 0.352. The second-order valence-electron chi connectivity index (χ2n) is 8.63. The zero-order valence-corrected chi connectivity index (χ0v) is 21.5. The number of fused-ring (bicyclic) bond motifs is 5. The SMILES string of the molecule is Oc1c(Br)cc(C23CCC(C2)C2CCCC23c2cc(Br)c(O)c(Br)c2)cc1Br. The molecule has 0 heterocycles. The van der Waals surface area contributed by atoms with Crippen molar-refractivity contribution in [3.63, 3.8) is 0 Å². The van der Waals surface area contributed by atoms with Gasteiger partial charge in [0.25, 0.3) is 0 Å². The van der Waals surface area contributed by atoms with Gasteiger partial charge in [-0.15, -0.1) is 0 Å². The second-order valence-corrected chi connectivity index (χ2v) is 12.0. The van der Waals surface area contributed by atoms with E-state index in [1.54, 1.807) is 0 Å². The fourth-order valence-corrected chi connectivity index (χ4v) is 9.29. The first kappa shape index (κ1) is 19.9. The first-order valence-electron chi connectivity index (χ1n) is 9.67. The predicted molar refractivity (Wildman–Crippen MR) is 125 cm³/mol. The van der Waals surface area contributed by atoms with Gasteiger partial charge in [0.05, 0.1) is 17.9 Å². The van der Waals surface area contributed by atoms with Crippen molar-refractivity contribution < 1.29 is 10.2 Å². The Labute approximate surface area is 198 Å². The van der Waals surface area contributed by atoms with Crippen molar-refractivity contribution >= 4 is 63.7 Å². The van der Waals surface area contributed by atoms with Crippen molar-refractivity contribution in [3.8, 4) is 11.5 Å². The molecule has 2 aromatic rings. The third kappa shape index (κ3) is 2.47. The minimum atomic E-state index is 0.0629. The number of rotatable bonds is 2. The number of phenolic OH excluding ortho intramolecular Hbond substituents is 2. The van der Waals surface area contributed by atoms with Crippen LogP contribution in [0.3, 0.4) is 0 Å². The number of phenols is 2. The summed E-state index contributed by atoms with van der Waals surface area (Å²) in [5.74, 6) is 1.96. The van der Waals surface area contributed by atoms with Crippen molar-refractivity contribution in [2.24, 2.45) is 11.8 Å². The standard InChI is InChI=1S/C22H20Br4O2/c23-15-6-12(7-16(24)19(15)27)21-5-3-11(10-21)14-2-1-4-22(14,21)13-8-17(25)20(28)18(26)9-13/h6-9,11,14,27-28H,1-5,10H2. The molecule has 2 aromatic carbocycles. The zero-order chi connectivity index (χ0) is 19.8. The van der Waals surface area contributed by atoms with Crippen molar-refractivity contribution in [1.82, 2.24) is 0 Å². The van der Waals surface area contributed by atoms with Crippen LogP contribution in [0.1, 0.15) is 49.7 Å². The van der Waals surface area contributed by atoms with Gasteiger partial charge in [-0.1, -0.05) is 6.42 Å². The van der Waals surface area contributed by atoms with Crippen LogP contribution in [0.5, 0.6) is 11.5 Å². The highest BCUT2D eigenvalue weighted by atomic mass is 79.9. The number of hydrogen-bond donors (Lipinski definition) is 2. The molecule has 3 saturated carbocycles. The minimum absolute atomic E-state index is 0.0629. The number of aromatic hydroxyl groups is 2. The molecule has 3 aliphatic rings. The van der Waals surface area contributed by atoms with Gasteiger partial charge in [0.2, 0.25) is 0 Å². The van der Waals surface area contributed by atoms with E-state index in [-0.39, 0.29) is 22.3 Å². The van der Waals surface area contributed by atoms with Crippen LogP contribution in [0.4, 0.5) is 0 Å². The lowest BCUT2D eigenvalue weighted by Crippen LogP contribution is -2.47. The average Bonchev–Trinajstić information content (AvgIpc) is 3.34. The second kappa shape index (κ2) is 6.73. The monoisotopic (exact) mass is 632 g/mol. The van der Waals surface area contributed by atoms with E-state index >= 15 is 0 Å². The van der Waals surface area contributed by atoms with Gasteiger partial charge in [-0.3, -0.25) is 0 Å². The first-order chi connectivity index (χ1) is 13.3. The summed E-state index contributed by atoms with van der Waals surface area (Å²) in [5, 5.41) is 20.6. The third-order valence-corrected chi connectivity index (χ3v) is 10.2. The number of halogens is 4. The van der Waals surface area contributed by atoms with Crippen LogP contribution < -0.4 is 0 Å². The molecular weight excluding hydrogens is 616 g/mol. The zero-order valence-electron chi connectivity index (χ0n) is 15.1. The molecule has 0 radical (unpaired) electrons. The molecule has 5 rings (SSSR count). The Morgan fingerprint density at radius 3 is 1.86 bits per heavy atom. The van der Waals surface area contributed by atoms with E-state index in [1.807, 2.05) is 0 Å². The van der Waals surface area contributed by atoms with Gasteiger partial charge in [0, 0.05) is 10.8 Å². The maximum absolute atomic E-state index is 10.3. The van der Waals surface area contributed by atoms with Crippen molar-refractivity contribution in [2.75, 3.05) is 0 Å². The molecule has 148 valence electrons. The minimum Gasteiger partial charge on any atom is -0.506 e. The molecule has 6 heteroatoms. The largest absolute Gasteiger partial charge is 0.506 e. The summed E-state index contributed by atoms with van der Waals surface area (Å²) in [4.78, 5) is 0. The van der Waals surface area contributed by atoms with Crippen LogP contribution in [-0.4, -0.2) is 10.2 Å². The summed E-state index contributed by atoms with van der Waals surface area (Å²) in [5.41, 5.74) is 2.78. The average molecular weight is 636 g/mol. The van der Waals surface area contributed by atoms with Crippen LogP contribution in [0.15, 0.2) is 42.2 Å². The van der Waals surface area contributed by atoms with E-state index < -0.39 is 0 Å². The maximum Gasteiger partial charge on any atom is 0.143 e. The summed E-state index contributed by atoms with van der Waals surface area (Å²) in [7, 11) is 0. The highest BCUT2D eigenvalue weighted by Crippen LogP contribution is 2.74. The Balaban J connectivity index is 1.78. The van der Waals surface area contributed by atoms with Crippen LogP contribution in [0, 0.1) is 11.8 Å². The van der Waals surface area contributed by atoms with Crippen LogP contribution in [0.25, 0.3) is 0 Å². The van der Waals surface area contributed by atoms with E-state index in [0.717, 1.165) is 23.8 Å². The van der Waals surface area contributed by atoms with Crippen LogP contribution >= 0.6 is 63.7 Å². The van der Waals surface area contributed by atoms with Crippen molar-refractivity contribution in [1.29, 1.82) is 0 Å². The topological polar surface area (TPSA) is 40.5 Å². The Morgan fingerprint density at radius 1 is 0.750 bits per heavy atom. The van der Waals surface area contributed by atoms with E-state index in [9.17, 15) is 10.2 Å². The lowest BCUT2D eigenvalue weighted by atomic mass is 9.54. The van der Waals surface area contributed by atoms with Gasteiger partial charge >= 0.3 is 0 Å². The Kier molecular flexibility index (Phi) is 4.78. The van der Waals surface area contributed by atoms with Gasteiger partial charge in [-0.05, 0) is 143 Å². The highest BCUT2D eigenvalue weighted by molar-refractivity contribution is 9.11. The van der Waals surface area contributed by atoms with Crippen molar-refractivity contribution in [2.45, 2.75) is 49.4 Å². The van der Waals surface area contributed by atoms with Crippen molar-refractivity contribution in [3.05, 3.63) is 53.3 Å². The molecule has 4 unspecified atom stereocenters. The Bertz CT molecular complexity index is 944. The number of hydrogen-bond acceptors (Lipinski definition) is 2. The highest BCUT2D eigenvalue weighted by Gasteiger charge is 2.69. The molecule has 0 aromatic heterocycles. The molecule has 3 fully saturated rings. The Hall–Kier alpha value is -0.0400. The van der Waals surface area contributed by atoms with Gasteiger partial charge in [0.1, 0.15) is 11.5 Å². The third-order valence-electron chi connectivity index (χ3n) is 7.80. The van der Waals surface area contributed by atoms with Gasteiger partial charge in [0.15, 0.2) is 0 Å². The lowest BCUT2D eigenvalue weighted by molar-refractivity contribution is 0.170. The molecule has 2 N–H and O–H groups in total. The summed E-state index contributed by atoms with van der Waals surface area (Å²) in [6.07, 6.45) is 7.37. The molecular formula is C22H20Br4O2. The predicted octanol–water partition coefficient (Wildman–Crippen LogP) is 7.94. The van der Waals surface area contributed by atoms with E-state index in [0.29, 0.717) is 5.92 Å². The smallest absolute Gasteiger partial charge is 0.143 e. The lowest BCUT2D eigenvalue weighted by Gasteiger charge is -2.49. The summed E-state index contributed by atoms with van der Waals surface area (Å²) in [6, 6.07) is 8.56. The molecule has 0 amide bonds. The van der Waals surface area contributed by atoms with Crippen LogP contribution in [-0.2, 0) is 10.8 Å². The normalized spacial score (nSPS) is 33.4. The van der Waals surface area contributed by atoms with E-state index in [1.165, 1.54) is 49.7 Å². The summed E-state index contributed by atoms with van der Waals surface area (Å²) < 4.78 is 3.00. The molecule has 0 aliphatic heterocycles. The molecule has 4 atom stereocenters. The molecule has 3 aliphatic carbocycles. The summed E-state index contributed by atoms with van der Waals surface area (Å²) in [6.45, 7) is 0. The molecule has 0 spiro atoms.